The van der Waals surface area contributed by atoms with Crippen LogP contribution in [0.3, 0.4) is 0 Å². The first-order chi connectivity index (χ1) is 4.34. The van der Waals surface area contributed by atoms with Crippen molar-refractivity contribution in [2.45, 2.75) is 6.04 Å². The molecule has 0 aromatic carbocycles. The zero-order valence-corrected chi connectivity index (χ0v) is 6.99. The highest BCUT2D eigenvalue weighted by molar-refractivity contribution is 7.07. The molecule has 1 rings (SSSR count). The summed E-state index contributed by atoms with van der Waals surface area (Å²) in [5.74, 6) is 0. The van der Waals surface area contributed by atoms with Crippen molar-refractivity contribution in [1.82, 2.24) is 0 Å². The fraction of sp³-hybridized carbons (Fsp3) is 0.333. The normalized spacial score (nSPS) is 12.2. The smallest absolute Gasteiger partial charge is 0.0624 e. The van der Waals surface area contributed by atoms with Gasteiger partial charge in [0.1, 0.15) is 0 Å². The Labute approximate surface area is 70.1 Å². The summed E-state index contributed by atoms with van der Waals surface area (Å²) in [5.41, 5.74) is 6.51. The molecule has 2 nitrogen and oxygen atoms in total. The van der Waals surface area contributed by atoms with E-state index in [0.29, 0.717) is 0 Å². The zero-order chi connectivity index (χ0) is 6.69. The summed E-state index contributed by atoms with van der Waals surface area (Å²) in [5, 5.41) is 12.5. The van der Waals surface area contributed by atoms with E-state index in [9.17, 15) is 0 Å². The number of hydrogen-bond acceptors (Lipinski definition) is 3. The molecule has 0 fully saturated rings. The van der Waals surface area contributed by atoms with Crippen LogP contribution in [0.2, 0.25) is 0 Å². The Balaban J connectivity index is 0.000000810. The summed E-state index contributed by atoms with van der Waals surface area (Å²) < 4.78 is 0. The Morgan fingerprint density at radius 1 is 1.70 bits per heavy atom. The quantitative estimate of drug-likeness (QED) is 0.716. The molecule has 0 bridgehead atoms. The molecule has 1 aromatic heterocycles. The Hall–Kier alpha value is -0.0900. The molecular formula is C6H10ClNOS. The molecule has 1 aromatic rings. The summed E-state index contributed by atoms with van der Waals surface area (Å²) in [6, 6.07) is 1.72. The summed E-state index contributed by atoms with van der Waals surface area (Å²) in [4.78, 5) is 0. The highest BCUT2D eigenvalue weighted by Gasteiger charge is 2.01. The van der Waals surface area contributed by atoms with Gasteiger partial charge in [0.05, 0.1) is 12.6 Å². The van der Waals surface area contributed by atoms with Gasteiger partial charge in [-0.3, -0.25) is 0 Å². The standard InChI is InChI=1S/C6H9NOS.ClH/c7-6(3-8)5-1-2-9-4-5;/h1-2,4,6,8H,3,7H2;1H/t6-;/m0./s1. The number of rotatable bonds is 2. The third kappa shape index (κ3) is 2.27. The van der Waals surface area contributed by atoms with Crippen LogP contribution >= 0.6 is 23.7 Å². The Morgan fingerprint density at radius 3 is 2.80 bits per heavy atom. The van der Waals surface area contributed by atoms with Gasteiger partial charge in [-0.2, -0.15) is 11.3 Å². The highest BCUT2D eigenvalue weighted by Crippen LogP contribution is 2.12. The first-order valence-corrected chi connectivity index (χ1v) is 3.67. The third-order valence-corrected chi connectivity index (χ3v) is 1.87. The van der Waals surface area contributed by atoms with Crippen molar-refractivity contribution >= 4 is 23.7 Å². The van der Waals surface area contributed by atoms with Gasteiger partial charge in [-0.05, 0) is 22.4 Å². The van der Waals surface area contributed by atoms with E-state index in [-0.39, 0.29) is 25.1 Å². The second-order valence-electron chi connectivity index (χ2n) is 1.85. The molecule has 1 heterocycles. The van der Waals surface area contributed by atoms with Crippen molar-refractivity contribution in [2.24, 2.45) is 5.73 Å². The maximum Gasteiger partial charge on any atom is 0.0624 e. The summed E-state index contributed by atoms with van der Waals surface area (Å²) in [7, 11) is 0. The van der Waals surface area contributed by atoms with Crippen LogP contribution in [-0.4, -0.2) is 11.7 Å². The van der Waals surface area contributed by atoms with Gasteiger partial charge in [-0.1, -0.05) is 0 Å². The molecule has 0 saturated heterocycles. The highest BCUT2D eigenvalue weighted by atomic mass is 35.5. The van der Waals surface area contributed by atoms with Crippen LogP contribution in [0.5, 0.6) is 0 Å². The Kier molecular flexibility index (Phi) is 4.64. The molecule has 58 valence electrons. The molecule has 0 radical (unpaired) electrons. The molecule has 1 atom stereocenters. The average molecular weight is 180 g/mol. The molecule has 0 amide bonds. The number of aliphatic hydroxyl groups is 1. The van der Waals surface area contributed by atoms with Crippen molar-refractivity contribution in [3.05, 3.63) is 22.4 Å². The lowest BCUT2D eigenvalue weighted by Crippen LogP contribution is -2.13. The summed E-state index contributed by atoms with van der Waals surface area (Å²) in [6.45, 7) is 0.0245. The molecular weight excluding hydrogens is 170 g/mol. The van der Waals surface area contributed by atoms with Gasteiger partial charge < -0.3 is 10.8 Å². The second kappa shape index (κ2) is 4.68. The Bertz CT molecular complexity index is 166. The van der Waals surface area contributed by atoms with Crippen LogP contribution in [0.1, 0.15) is 11.6 Å². The maximum atomic E-state index is 8.59. The molecule has 0 unspecified atom stereocenters. The lowest BCUT2D eigenvalue weighted by molar-refractivity contribution is 0.268. The van der Waals surface area contributed by atoms with Crippen LogP contribution in [0.25, 0.3) is 0 Å². The van der Waals surface area contributed by atoms with E-state index in [1.54, 1.807) is 11.3 Å². The van der Waals surface area contributed by atoms with Crippen LogP contribution in [-0.2, 0) is 0 Å². The fourth-order valence-corrected chi connectivity index (χ4v) is 1.32. The summed E-state index contributed by atoms with van der Waals surface area (Å²) in [6.07, 6.45) is 0. The molecule has 0 aliphatic heterocycles. The minimum absolute atomic E-state index is 0. The minimum atomic E-state index is -0.198. The van der Waals surface area contributed by atoms with Gasteiger partial charge in [-0.25, -0.2) is 0 Å². The zero-order valence-electron chi connectivity index (χ0n) is 5.36. The van der Waals surface area contributed by atoms with Crippen molar-refractivity contribution in [3.8, 4) is 0 Å². The third-order valence-electron chi connectivity index (χ3n) is 1.17. The largest absolute Gasteiger partial charge is 0.394 e. The van der Waals surface area contributed by atoms with E-state index in [1.165, 1.54) is 0 Å². The Morgan fingerprint density at radius 2 is 2.40 bits per heavy atom. The van der Waals surface area contributed by atoms with Gasteiger partial charge in [0.25, 0.3) is 0 Å². The van der Waals surface area contributed by atoms with Gasteiger partial charge in [0.15, 0.2) is 0 Å². The molecule has 3 N–H and O–H groups in total. The maximum absolute atomic E-state index is 8.59. The van der Waals surface area contributed by atoms with Crippen molar-refractivity contribution < 1.29 is 5.11 Å². The first-order valence-electron chi connectivity index (χ1n) is 2.73. The lowest BCUT2D eigenvalue weighted by atomic mass is 10.2. The van der Waals surface area contributed by atoms with E-state index in [0.717, 1.165) is 5.56 Å². The van der Waals surface area contributed by atoms with Gasteiger partial charge in [0, 0.05) is 0 Å². The predicted molar refractivity (Wildman–Crippen MR) is 45.6 cm³/mol. The first kappa shape index (κ1) is 9.91. The van der Waals surface area contributed by atoms with E-state index in [2.05, 4.69) is 0 Å². The summed E-state index contributed by atoms with van der Waals surface area (Å²) >= 11 is 1.59. The number of halogens is 1. The van der Waals surface area contributed by atoms with E-state index in [4.69, 9.17) is 10.8 Å². The molecule has 0 aliphatic carbocycles. The number of aliphatic hydroxyl groups excluding tert-OH is 1. The average Bonchev–Trinajstić information content (AvgIpc) is 2.37. The van der Waals surface area contributed by atoms with Crippen molar-refractivity contribution in [1.29, 1.82) is 0 Å². The molecule has 0 saturated carbocycles. The lowest BCUT2D eigenvalue weighted by Gasteiger charge is -2.02. The van der Waals surface area contributed by atoms with Gasteiger partial charge >= 0.3 is 0 Å². The monoisotopic (exact) mass is 179 g/mol. The molecule has 0 spiro atoms. The van der Waals surface area contributed by atoms with Crippen LogP contribution < -0.4 is 5.73 Å². The van der Waals surface area contributed by atoms with E-state index in [1.807, 2.05) is 16.8 Å². The van der Waals surface area contributed by atoms with Crippen LogP contribution in [0, 0.1) is 0 Å². The second-order valence-corrected chi connectivity index (χ2v) is 2.63. The SMILES string of the molecule is Cl.N[C@@H](CO)c1ccsc1. The van der Waals surface area contributed by atoms with E-state index >= 15 is 0 Å². The number of nitrogens with two attached hydrogens (primary N) is 1. The van der Waals surface area contributed by atoms with Gasteiger partial charge in [0.2, 0.25) is 0 Å². The van der Waals surface area contributed by atoms with Gasteiger partial charge in [-0.15, -0.1) is 12.4 Å². The fourth-order valence-electron chi connectivity index (χ4n) is 0.591. The van der Waals surface area contributed by atoms with E-state index < -0.39 is 0 Å². The van der Waals surface area contributed by atoms with Crippen LogP contribution in [0.4, 0.5) is 0 Å². The van der Waals surface area contributed by atoms with Crippen molar-refractivity contribution in [2.75, 3.05) is 6.61 Å². The molecule has 0 aliphatic rings. The predicted octanol–water partition coefficient (Wildman–Crippen LogP) is 1.16. The topological polar surface area (TPSA) is 46.2 Å². The van der Waals surface area contributed by atoms with Crippen molar-refractivity contribution in [3.63, 3.8) is 0 Å². The number of hydrogen-bond donors (Lipinski definition) is 2. The minimum Gasteiger partial charge on any atom is -0.394 e. The molecule has 4 heteroatoms. The molecule has 10 heavy (non-hydrogen) atoms. The number of thiophene rings is 1. The van der Waals surface area contributed by atoms with Crippen LogP contribution in [0.15, 0.2) is 16.8 Å².